The summed E-state index contributed by atoms with van der Waals surface area (Å²) in [5.41, 5.74) is 2.89. The molecule has 3 rings (SSSR count). The van der Waals surface area contributed by atoms with E-state index in [0.29, 0.717) is 18.0 Å². The second kappa shape index (κ2) is 7.68. The Morgan fingerprint density at radius 2 is 2.21 bits per heavy atom. The van der Waals surface area contributed by atoms with Gasteiger partial charge in [-0.05, 0) is 30.2 Å². The van der Waals surface area contributed by atoms with Gasteiger partial charge in [0.1, 0.15) is 5.75 Å². The molecule has 1 aliphatic rings. The van der Waals surface area contributed by atoms with Gasteiger partial charge in [0, 0.05) is 32.3 Å². The number of carbonyl (C=O) groups is 1. The van der Waals surface area contributed by atoms with Crippen LogP contribution in [-0.4, -0.2) is 35.9 Å². The van der Waals surface area contributed by atoms with Crippen molar-refractivity contribution in [1.82, 2.24) is 15.1 Å². The highest BCUT2D eigenvalue weighted by atomic mass is 35.5. The van der Waals surface area contributed by atoms with Gasteiger partial charge in [-0.2, -0.15) is 5.10 Å². The highest BCUT2D eigenvalue weighted by Crippen LogP contribution is 2.31. The molecule has 2 aromatic rings. The molecule has 2 N–H and O–H groups in total. The fourth-order valence-corrected chi connectivity index (χ4v) is 3.08. The Labute approximate surface area is 148 Å². The quantitative estimate of drug-likeness (QED) is 0.886. The SMILES string of the molecule is COc1ccc(C)cc1NC(=O)[C@H]1CNC[C@@H]1c1cnn(C)c1.Cl. The minimum Gasteiger partial charge on any atom is -0.495 e. The number of nitrogens with one attached hydrogen (secondary N) is 2. The molecule has 0 unspecified atom stereocenters. The van der Waals surface area contributed by atoms with Crippen LogP contribution < -0.4 is 15.4 Å². The molecule has 0 aliphatic carbocycles. The molecule has 0 bridgehead atoms. The number of carbonyl (C=O) groups excluding carboxylic acids is 1. The molecule has 0 saturated carbocycles. The van der Waals surface area contributed by atoms with Crippen LogP contribution in [0.15, 0.2) is 30.6 Å². The molecule has 7 heteroatoms. The van der Waals surface area contributed by atoms with Crippen molar-refractivity contribution in [2.45, 2.75) is 12.8 Å². The van der Waals surface area contributed by atoms with Gasteiger partial charge in [-0.15, -0.1) is 12.4 Å². The maximum Gasteiger partial charge on any atom is 0.229 e. The van der Waals surface area contributed by atoms with Crippen molar-refractivity contribution in [3.8, 4) is 5.75 Å². The average Bonchev–Trinajstić information content (AvgIpc) is 3.15. The first-order chi connectivity index (χ1) is 11.1. The van der Waals surface area contributed by atoms with Crippen LogP contribution in [0, 0.1) is 12.8 Å². The van der Waals surface area contributed by atoms with E-state index in [2.05, 4.69) is 15.7 Å². The summed E-state index contributed by atoms with van der Waals surface area (Å²) in [7, 11) is 3.49. The Balaban J connectivity index is 0.00000208. The van der Waals surface area contributed by atoms with E-state index in [4.69, 9.17) is 4.74 Å². The van der Waals surface area contributed by atoms with E-state index in [1.807, 2.05) is 44.6 Å². The van der Waals surface area contributed by atoms with E-state index in [-0.39, 0.29) is 30.2 Å². The molecular formula is C17H23ClN4O2. The molecule has 6 nitrogen and oxygen atoms in total. The number of benzene rings is 1. The smallest absolute Gasteiger partial charge is 0.229 e. The van der Waals surface area contributed by atoms with Gasteiger partial charge in [-0.1, -0.05) is 6.07 Å². The lowest BCUT2D eigenvalue weighted by Crippen LogP contribution is -2.28. The fourth-order valence-electron chi connectivity index (χ4n) is 3.08. The van der Waals surface area contributed by atoms with E-state index in [9.17, 15) is 4.79 Å². The summed E-state index contributed by atoms with van der Waals surface area (Å²) < 4.78 is 7.11. The van der Waals surface area contributed by atoms with Gasteiger partial charge in [0.2, 0.25) is 5.91 Å². The third-order valence-corrected chi connectivity index (χ3v) is 4.32. The number of anilines is 1. The zero-order chi connectivity index (χ0) is 16.4. The first-order valence-corrected chi connectivity index (χ1v) is 7.73. The van der Waals surface area contributed by atoms with Crippen molar-refractivity contribution in [2.24, 2.45) is 13.0 Å². The number of halogens is 1. The van der Waals surface area contributed by atoms with Gasteiger partial charge in [0.15, 0.2) is 0 Å². The van der Waals surface area contributed by atoms with Gasteiger partial charge >= 0.3 is 0 Å². The molecule has 24 heavy (non-hydrogen) atoms. The Hall–Kier alpha value is -2.05. The zero-order valence-electron chi connectivity index (χ0n) is 14.1. The maximum absolute atomic E-state index is 12.8. The van der Waals surface area contributed by atoms with E-state index in [1.165, 1.54) is 0 Å². The molecule has 1 aliphatic heterocycles. The molecule has 2 heterocycles. The van der Waals surface area contributed by atoms with Crippen LogP contribution in [0.5, 0.6) is 5.75 Å². The first-order valence-electron chi connectivity index (χ1n) is 7.73. The molecule has 1 fully saturated rings. The number of hydrogen-bond acceptors (Lipinski definition) is 4. The number of nitrogens with zero attached hydrogens (tertiary/aromatic N) is 2. The van der Waals surface area contributed by atoms with Crippen LogP contribution in [0.4, 0.5) is 5.69 Å². The Morgan fingerprint density at radius 1 is 1.42 bits per heavy atom. The standard InChI is InChI=1S/C17H22N4O2.ClH/c1-11-4-5-16(23-3)15(6-11)20-17(22)14-9-18-8-13(14)12-7-19-21(2)10-12;/h4-7,10,13-14,18H,8-9H2,1-3H3,(H,20,22);1H/t13-,14+;/m1./s1. The lowest BCUT2D eigenvalue weighted by atomic mass is 9.90. The molecule has 1 saturated heterocycles. The van der Waals surface area contributed by atoms with Crippen LogP contribution in [0.1, 0.15) is 17.0 Å². The summed E-state index contributed by atoms with van der Waals surface area (Å²) in [5.74, 6) is 0.699. The normalized spacial score (nSPS) is 19.6. The number of methoxy groups -OCH3 is 1. The minimum absolute atomic E-state index is 0. The van der Waals surface area contributed by atoms with E-state index in [1.54, 1.807) is 11.8 Å². The summed E-state index contributed by atoms with van der Waals surface area (Å²) in [6.45, 7) is 3.44. The fraction of sp³-hybridized carbons (Fsp3) is 0.412. The molecule has 1 amide bonds. The second-order valence-corrected chi connectivity index (χ2v) is 6.01. The van der Waals surface area contributed by atoms with E-state index >= 15 is 0 Å². The van der Waals surface area contributed by atoms with Crippen molar-refractivity contribution in [3.05, 3.63) is 41.7 Å². The Morgan fingerprint density at radius 3 is 2.88 bits per heavy atom. The van der Waals surface area contributed by atoms with Gasteiger partial charge in [0.05, 0.1) is 24.9 Å². The predicted molar refractivity (Wildman–Crippen MR) is 95.9 cm³/mol. The molecule has 2 atom stereocenters. The number of aromatic nitrogens is 2. The lowest BCUT2D eigenvalue weighted by Gasteiger charge is -2.18. The topological polar surface area (TPSA) is 68.2 Å². The largest absolute Gasteiger partial charge is 0.495 e. The Kier molecular flexibility index (Phi) is 5.85. The minimum atomic E-state index is -0.121. The van der Waals surface area contributed by atoms with Gasteiger partial charge in [0.25, 0.3) is 0 Å². The molecule has 0 radical (unpaired) electrons. The van der Waals surface area contributed by atoms with Crippen molar-refractivity contribution < 1.29 is 9.53 Å². The highest BCUT2D eigenvalue weighted by molar-refractivity contribution is 5.95. The summed E-state index contributed by atoms with van der Waals surface area (Å²) in [4.78, 5) is 12.8. The van der Waals surface area contributed by atoms with E-state index < -0.39 is 0 Å². The average molecular weight is 351 g/mol. The number of ether oxygens (including phenoxy) is 1. The van der Waals surface area contributed by atoms with Crippen molar-refractivity contribution in [1.29, 1.82) is 0 Å². The summed E-state index contributed by atoms with van der Waals surface area (Å²) >= 11 is 0. The van der Waals surface area contributed by atoms with Crippen LogP contribution in [0.2, 0.25) is 0 Å². The van der Waals surface area contributed by atoms with Gasteiger partial charge in [-0.3, -0.25) is 9.48 Å². The highest BCUT2D eigenvalue weighted by Gasteiger charge is 2.35. The molecule has 0 spiro atoms. The number of aryl methyl sites for hydroxylation is 2. The van der Waals surface area contributed by atoms with Crippen LogP contribution in [0.3, 0.4) is 0 Å². The van der Waals surface area contributed by atoms with Gasteiger partial charge < -0.3 is 15.4 Å². The number of rotatable bonds is 4. The zero-order valence-corrected chi connectivity index (χ0v) is 14.9. The monoisotopic (exact) mass is 350 g/mol. The number of hydrogen-bond donors (Lipinski definition) is 2. The van der Waals surface area contributed by atoms with Crippen LogP contribution in [-0.2, 0) is 11.8 Å². The number of amides is 1. The van der Waals surface area contributed by atoms with Crippen molar-refractivity contribution >= 4 is 24.0 Å². The third-order valence-electron chi connectivity index (χ3n) is 4.32. The first kappa shape index (κ1) is 18.3. The summed E-state index contributed by atoms with van der Waals surface area (Å²) in [6, 6.07) is 5.76. The van der Waals surface area contributed by atoms with Crippen molar-refractivity contribution in [2.75, 3.05) is 25.5 Å². The maximum atomic E-state index is 12.8. The second-order valence-electron chi connectivity index (χ2n) is 6.01. The van der Waals surface area contributed by atoms with E-state index in [0.717, 1.165) is 17.7 Å². The van der Waals surface area contributed by atoms with Crippen LogP contribution in [0.25, 0.3) is 0 Å². The molecular weight excluding hydrogens is 328 g/mol. The third kappa shape index (κ3) is 3.71. The predicted octanol–water partition coefficient (Wildman–Crippen LogP) is 2.10. The Bertz CT molecular complexity index is 716. The van der Waals surface area contributed by atoms with Gasteiger partial charge in [-0.25, -0.2) is 0 Å². The summed E-state index contributed by atoms with van der Waals surface area (Å²) in [5, 5.41) is 10.5. The van der Waals surface area contributed by atoms with Crippen LogP contribution >= 0.6 is 12.4 Å². The summed E-state index contributed by atoms with van der Waals surface area (Å²) in [6.07, 6.45) is 3.82. The molecule has 1 aromatic heterocycles. The lowest BCUT2D eigenvalue weighted by molar-refractivity contribution is -0.119. The molecule has 1 aromatic carbocycles. The van der Waals surface area contributed by atoms with Crippen molar-refractivity contribution in [3.63, 3.8) is 0 Å². The molecule has 130 valence electrons.